The van der Waals surface area contributed by atoms with Gasteiger partial charge in [-0.3, -0.25) is 4.98 Å². The molecule has 5 nitrogen and oxygen atoms in total. The van der Waals surface area contributed by atoms with Crippen LogP contribution in [0.15, 0.2) is 24.5 Å². The Morgan fingerprint density at radius 2 is 2.29 bits per heavy atom. The molecular weight excluding hydrogens is 264 g/mol. The first-order valence-corrected chi connectivity index (χ1v) is 7.16. The maximum Gasteiger partial charge on any atom is 0.228 e. The van der Waals surface area contributed by atoms with E-state index in [1.54, 1.807) is 18.5 Å². The summed E-state index contributed by atoms with van der Waals surface area (Å²) < 4.78 is 29.6. The molecule has 0 atom stereocenters. The molecule has 96 valence electrons. The minimum atomic E-state index is -3.44. The van der Waals surface area contributed by atoms with Crippen molar-refractivity contribution in [3.63, 3.8) is 0 Å². The van der Waals surface area contributed by atoms with Gasteiger partial charge in [-0.15, -0.1) is 11.6 Å². The highest BCUT2D eigenvalue weighted by atomic mass is 35.5. The molecule has 0 aromatic carbocycles. The molecule has 0 aliphatic heterocycles. The number of nitrogens with zero attached hydrogens (tertiary/aromatic N) is 2. The van der Waals surface area contributed by atoms with Gasteiger partial charge in [0, 0.05) is 32.6 Å². The lowest BCUT2D eigenvalue weighted by molar-refractivity contribution is 0.177. The standard InChI is InChI=1S/C10H15ClN2O3S/c1-16-6-5-13(17(14,15)9-11)8-10-3-2-4-12-7-10/h2-4,7H,5-6,8-9H2,1H3. The first kappa shape index (κ1) is 14.4. The molecule has 1 heterocycles. The van der Waals surface area contributed by atoms with Gasteiger partial charge >= 0.3 is 0 Å². The van der Waals surface area contributed by atoms with Gasteiger partial charge in [0.1, 0.15) is 5.21 Å². The van der Waals surface area contributed by atoms with Crippen LogP contribution in [0.3, 0.4) is 0 Å². The molecule has 0 radical (unpaired) electrons. The zero-order valence-corrected chi connectivity index (χ0v) is 11.1. The molecule has 0 aliphatic carbocycles. The van der Waals surface area contributed by atoms with Crippen LogP contribution in [0.5, 0.6) is 0 Å². The van der Waals surface area contributed by atoms with Gasteiger partial charge in [-0.05, 0) is 11.6 Å². The fourth-order valence-corrected chi connectivity index (χ4v) is 2.52. The molecule has 0 amide bonds. The zero-order valence-electron chi connectivity index (χ0n) is 9.54. The summed E-state index contributed by atoms with van der Waals surface area (Å²) in [5.41, 5.74) is 0.817. The fraction of sp³-hybridized carbons (Fsp3) is 0.500. The molecule has 0 saturated carbocycles. The number of aromatic nitrogens is 1. The van der Waals surface area contributed by atoms with Gasteiger partial charge < -0.3 is 4.74 Å². The number of alkyl halides is 1. The Bertz CT molecular complexity index is 424. The summed E-state index contributed by atoms with van der Waals surface area (Å²) in [4.78, 5) is 3.94. The van der Waals surface area contributed by atoms with Gasteiger partial charge in [-0.25, -0.2) is 8.42 Å². The van der Waals surface area contributed by atoms with Gasteiger partial charge in [-0.1, -0.05) is 6.07 Å². The molecule has 17 heavy (non-hydrogen) atoms. The normalized spacial score (nSPS) is 11.9. The van der Waals surface area contributed by atoms with Crippen LogP contribution < -0.4 is 0 Å². The largest absolute Gasteiger partial charge is 0.383 e. The molecule has 0 unspecified atom stereocenters. The number of hydrogen-bond acceptors (Lipinski definition) is 4. The first-order valence-electron chi connectivity index (χ1n) is 5.02. The summed E-state index contributed by atoms with van der Waals surface area (Å²) in [6.07, 6.45) is 3.27. The van der Waals surface area contributed by atoms with Crippen molar-refractivity contribution in [3.8, 4) is 0 Å². The average Bonchev–Trinajstić information content (AvgIpc) is 2.35. The lowest BCUT2D eigenvalue weighted by Gasteiger charge is -2.20. The van der Waals surface area contributed by atoms with Crippen molar-refractivity contribution in [1.82, 2.24) is 9.29 Å². The van der Waals surface area contributed by atoms with E-state index < -0.39 is 15.2 Å². The van der Waals surface area contributed by atoms with Crippen LogP contribution in [0.1, 0.15) is 5.56 Å². The molecule has 1 rings (SSSR count). The minimum absolute atomic E-state index is 0.256. The lowest BCUT2D eigenvalue weighted by Crippen LogP contribution is -2.34. The maximum absolute atomic E-state index is 11.7. The van der Waals surface area contributed by atoms with Crippen molar-refractivity contribution in [3.05, 3.63) is 30.1 Å². The number of hydrogen-bond donors (Lipinski definition) is 0. The Balaban J connectivity index is 2.78. The van der Waals surface area contributed by atoms with E-state index in [9.17, 15) is 8.42 Å². The van der Waals surface area contributed by atoms with Crippen LogP contribution in [-0.2, 0) is 21.3 Å². The van der Waals surface area contributed by atoms with Crippen molar-refractivity contribution in [2.24, 2.45) is 0 Å². The SMILES string of the molecule is COCCN(Cc1cccnc1)S(=O)(=O)CCl. The predicted molar refractivity (Wildman–Crippen MR) is 66.2 cm³/mol. The molecule has 7 heteroatoms. The van der Waals surface area contributed by atoms with Crippen molar-refractivity contribution >= 4 is 21.6 Å². The third-order valence-electron chi connectivity index (χ3n) is 2.16. The maximum atomic E-state index is 11.7. The monoisotopic (exact) mass is 278 g/mol. The van der Waals surface area contributed by atoms with Crippen LogP contribution >= 0.6 is 11.6 Å². The summed E-state index contributed by atoms with van der Waals surface area (Å²) >= 11 is 5.45. The lowest BCUT2D eigenvalue weighted by atomic mass is 10.3. The van der Waals surface area contributed by atoms with Crippen LogP contribution in [0.25, 0.3) is 0 Å². The van der Waals surface area contributed by atoms with Crippen molar-refractivity contribution in [2.75, 3.05) is 25.5 Å². The number of methoxy groups -OCH3 is 1. The number of rotatable bonds is 7. The third kappa shape index (κ3) is 4.59. The Hall–Kier alpha value is -0.690. The second-order valence-corrected chi connectivity index (χ2v) is 5.96. The van der Waals surface area contributed by atoms with Crippen molar-refractivity contribution < 1.29 is 13.2 Å². The van der Waals surface area contributed by atoms with Gasteiger partial charge in [0.25, 0.3) is 0 Å². The Morgan fingerprint density at radius 1 is 1.53 bits per heavy atom. The molecule has 1 aromatic rings. The molecule has 0 saturated heterocycles. The number of halogens is 1. The average molecular weight is 279 g/mol. The fourth-order valence-electron chi connectivity index (χ4n) is 1.27. The highest BCUT2D eigenvalue weighted by Crippen LogP contribution is 2.09. The summed E-state index contributed by atoms with van der Waals surface area (Å²) in [7, 11) is -1.92. The highest BCUT2D eigenvalue weighted by Gasteiger charge is 2.20. The molecule has 0 fully saturated rings. The zero-order chi connectivity index (χ0) is 12.7. The number of ether oxygens (including phenoxy) is 1. The molecule has 0 spiro atoms. The summed E-state index contributed by atoms with van der Waals surface area (Å²) in [5, 5.41) is -0.434. The number of sulfonamides is 1. The van der Waals surface area contributed by atoms with Gasteiger partial charge in [0.15, 0.2) is 0 Å². The Kier molecular flexibility index (Phi) is 5.84. The molecule has 1 aromatic heterocycles. The minimum Gasteiger partial charge on any atom is -0.383 e. The molecule has 0 bridgehead atoms. The van der Waals surface area contributed by atoms with E-state index >= 15 is 0 Å². The van der Waals surface area contributed by atoms with Gasteiger partial charge in [-0.2, -0.15) is 4.31 Å². The topological polar surface area (TPSA) is 59.5 Å². The number of pyridine rings is 1. The van der Waals surface area contributed by atoms with E-state index in [4.69, 9.17) is 16.3 Å². The molecular formula is C10H15ClN2O3S. The van der Waals surface area contributed by atoms with E-state index in [1.165, 1.54) is 11.4 Å². The van der Waals surface area contributed by atoms with Crippen LogP contribution in [0.4, 0.5) is 0 Å². The van der Waals surface area contributed by atoms with E-state index in [0.29, 0.717) is 6.61 Å². The van der Waals surface area contributed by atoms with Crippen LogP contribution in [0.2, 0.25) is 0 Å². The van der Waals surface area contributed by atoms with E-state index in [2.05, 4.69) is 4.98 Å². The van der Waals surface area contributed by atoms with E-state index in [0.717, 1.165) is 5.56 Å². The van der Waals surface area contributed by atoms with E-state index in [1.807, 2.05) is 6.07 Å². The summed E-state index contributed by atoms with van der Waals surface area (Å²) in [6.45, 7) is 0.864. The summed E-state index contributed by atoms with van der Waals surface area (Å²) in [5.74, 6) is 0. The van der Waals surface area contributed by atoms with E-state index in [-0.39, 0.29) is 13.1 Å². The van der Waals surface area contributed by atoms with Crippen molar-refractivity contribution in [1.29, 1.82) is 0 Å². The first-order chi connectivity index (χ1) is 8.10. The molecule has 0 aliphatic rings. The Labute approximate surface area is 106 Å². The second-order valence-electron chi connectivity index (χ2n) is 3.41. The summed E-state index contributed by atoms with van der Waals surface area (Å²) in [6, 6.07) is 3.58. The Morgan fingerprint density at radius 3 is 2.82 bits per heavy atom. The van der Waals surface area contributed by atoms with Crippen LogP contribution in [0, 0.1) is 0 Å². The van der Waals surface area contributed by atoms with Gasteiger partial charge in [0.05, 0.1) is 6.61 Å². The molecule has 0 N–H and O–H groups in total. The van der Waals surface area contributed by atoms with Crippen LogP contribution in [-0.4, -0.2) is 43.2 Å². The smallest absolute Gasteiger partial charge is 0.228 e. The predicted octanol–water partition coefficient (Wildman–Crippen LogP) is 1.06. The third-order valence-corrected chi connectivity index (χ3v) is 4.36. The second kappa shape index (κ2) is 6.90. The van der Waals surface area contributed by atoms with Gasteiger partial charge in [0.2, 0.25) is 10.0 Å². The van der Waals surface area contributed by atoms with Crippen molar-refractivity contribution in [2.45, 2.75) is 6.54 Å². The highest BCUT2D eigenvalue weighted by molar-refractivity contribution is 7.90. The quantitative estimate of drug-likeness (QED) is 0.700.